The summed E-state index contributed by atoms with van der Waals surface area (Å²) in [6.45, 7) is 5.00. The molecule has 0 bridgehead atoms. The van der Waals surface area contributed by atoms with Gasteiger partial charge in [0, 0.05) is 229 Å². The van der Waals surface area contributed by atoms with Crippen LogP contribution in [0, 0.1) is 6.92 Å². The predicted molar refractivity (Wildman–Crippen MR) is 11.0 cm³/mol. The minimum Gasteiger partial charge on any atom is -0.346 e. The fraction of sp³-hybridized carbons (Fsp3) is 0.500. The zero-order valence-corrected chi connectivity index (χ0v) is 32.7. The largest absolute Gasteiger partial charge is 0.346 e. The molecule has 0 aromatic heterocycles. The number of hydrogen-bond acceptors (Lipinski definition) is 0. The molecule has 0 atom stereocenters. The van der Waals surface area contributed by atoms with Gasteiger partial charge in [0.1, 0.15) is 0 Å². The summed E-state index contributed by atoms with van der Waals surface area (Å²) < 4.78 is 0. The average molecular weight is 918 g/mol. The quantitative estimate of drug-likeness (QED) is 0.317. The molecule has 10 heavy (non-hydrogen) atoms. The monoisotopic (exact) mass is 919 g/mol. The molecule has 0 saturated heterocycles. The van der Waals surface area contributed by atoms with Gasteiger partial charge in [-0.25, -0.2) is 0 Å². The van der Waals surface area contributed by atoms with Crippen LogP contribution < -0.4 is 0 Å². The van der Waals surface area contributed by atoms with E-state index in [1.165, 1.54) is 0 Å². The van der Waals surface area contributed by atoms with Gasteiger partial charge >= 0.3 is 0 Å². The molecular formula is C2H5RfY7-. The Labute approximate surface area is 235 Å². The Morgan fingerprint density at radius 2 is 0.500 bits per heavy atom. The first-order valence-electron chi connectivity index (χ1n) is 0.707. The predicted octanol–water partition coefficient (Wildman–Crippen LogP) is 0.823. The van der Waals surface area contributed by atoms with Gasteiger partial charge in [-0.2, -0.15) is 6.92 Å². The summed E-state index contributed by atoms with van der Waals surface area (Å²) in [4.78, 5) is 0. The molecule has 7 radical (unpaired) electrons. The summed E-state index contributed by atoms with van der Waals surface area (Å²) in [6, 6.07) is 0. The minimum atomic E-state index is 0. The minimum absolute atomic E-state index is 0. The summed E-state index contributed by atoms with van der Waals surface area (Å²) in [6.07, 6.45) is 0. The number of hydrogen-bond donors (Lipinski definition) is 0. The second-order valence-corrected chi connectivity index (χ2v) is 0. The molecular weight excluding hydrogens is 913 g/mol. The maximum atomic E-state index is 3.25. The van der Waals surface area contributed by atoms with E-state index in [9.17, 15) is 0 Å². The molecule has 0 saturated carbocycles. The molecule has 0 spiro atoms. The van der Waals surface area contributed by atoms with Crippen LogP contribution in [0.2, 0.25) is 0 Å². The van der Waals surface area contributed by atoms with Crippen LogP contribution in [0.4, 0.5) is 0 Å². The van der Waals surface area contributed by atoms with Crippen molar-refractivity contribution in [1.82, 2.24) is 0 Å². The van der Waals surface area contributed by atoms with E-state index in [1.807, 2.05) is 0 Å². The van der Waals surface area contributed by atoms with Crippen LogP contribution in [0.3, 0.4) is 0 Å². The van der Waals surface area contributed by atoms with E-state index in [4.69, 9.17) is 0 Å². The van der Waals surface area contributed by atoms with Crippen molar-refractivity contribution >= 4 is 0 Å². The Kier molecular flexibility index (Phi) is 522. The van der Waals surface area contributed by atoms with Crippen LogP contribution in [-0.2, 0) is 229 Å². The Morgan fingerprint density at radius 3 is 0.500 bits per heavy atom. The van der Waals surface area contributed by atoms with Gasteiger partial charge in [-0.3, -0.25) is 0 Å². The molecule has 8 heteroatoms. The van der Waals surface area contributed by atoms with Gasteiger partial charge < -0.3 is 6.92 Å². The Hall–Kier alpha value is 6.73. The normalized spacial score (nSPS) is 0.600. The van der Waals surface area contributed by atoms with E-state index in [-0.39, 0.29) is 229 Å². The zero-order chi connectivity index (χ0) is 2.00. The molecule has 0 nitrogen and oxygen atoms in total. The Morgan fingerprint density at radius 1 is 0.500 bits per heavy atom. The first kappa shape index (κ1) is 69.3. The van der Waals surface area contributed by atoms with Crippen LogP contribution in [0.5, 0.6) is 0 Å². The molecule has 0 aliphatic heterocycles. The van der Waals surface area contributed by atoms with E-state index in [0.717, 1.165) is 0 Å². The molecule has 0 unspecified atom stereocenters. The van der Waals surface area contributed by atoms with Crippen molar-refractivity contribution in [2.45, 2.75) is 6.92 Å². The zero-order valence-electron chi connectivity index (χ0n) is 6.46. The van der Waals surface area contributed by atoms with Crippen LogP contribution >= 0.6 is 0 Å². The third kappa shape index (κ3) is 61.3. The van der Waals surface area contributed by atoms with Crippen molar-refractivity contribution < 1.29 is 229 Å². The molecule has 37 valence electrons. The van der Waals surface area contributed by atoms with Gasteiger partial charge in [-0.15, -0.1) is 0 Å². The summed E-state index contributed by atoms with van der Waals surface area (Å²) >= 11 is 0. The molecule has 0 heterocycles. The molecule has 0 amide bonds. The van der Waals surface area contributed by atoms with Gasteiger partial charge in [-0.1, -0.05) is 0 Å². The Balaban J connectivity index is -0.000000000179. The van der Waals surface area contributed by atoms with Crippen LogP contribution in [0.15, 0.2) is 0 Å². The van der Waals surface area contributed by atoms with Crippen molar-refractivity contribution in [3.8, 4) is 0 Å². The fourth-order valence-electron chi connectivity index (χ4n) is 0. The van der Waals surface area contributed by atoms with Gasteiger partial charge in [0.25, 0.3) is 0 Å². The second kappa shape index (κ2) is 75.4. The van der Waals surface area contributed by atoms with Gasteiger partial charge in [0.05, 0.1) is 0 Å². The molecule has 0 aromatic rings. The molecule has 0 fully saturated rings. The smallest absolute Gasteiger partial charge is 0 e. The van der Waals surface area contributed by atoms with Crippen LogP contribution in [0.1, 0.15) is 6.92 Å². The van der Waals surface area contributed by atoms with E-state index >= 15 is 0 Å². The first-order chi connectivity index (χ1) is 1.00. The summed E-state index contributed by atoms with van der Waals surface area (Å²) in [5, 5.41) is 0. The van der Waals surface area contributed by atoms with E-state index in [0.29, 0.717) is 0 Å². The fourth-order valence-corrected chi connectivity index (χ4v) is 0. The topological polar surface area (TPSA) is 0 Å². The van der Waals surface area contributed by atoms with Gasteiger partial charge in [0.2, 0.25) is 0 Å². The molecule has 0 aliphatic carbocycles. The Bertz CT molecular complexity index is 11.6. The standard InChI is InChI=1S/C2H5.Rf.7Y/c1-2;;;;;;;;/h1H2,2H3;;;;;;;;/q-1;;;;;;;;. The summed E-state index contributed by atoms with van der Waals surface area (Å²) in [7, 11) is 0. The maximum absolute atomic E-state index is 3.25. The third-order valence-electron chi connectivity index (χ3n) is 0. The maximum Gasteiger partial charge on any atom is 0 e. The average Bonchev–Trinajstić information content (AvgIpc) is 1.00. The second-order valence-electron chi connectivity index (χ2n) is 0. The van der Waals surface area contributed by atoms with Crippen molar-refractivity contribution in [3.63, 3.8) is 0 Å². The third-order valence-corrected chi connectivity index (χ3v) is 0. The van der Waals surface area contributed by atoms with E-state index in [2.05, 4.69) is 6.92 Å². The molecule has 0 rings (SSSR count). The van der Waals surface area contributed by atoms with E-state index in [1.54, 1.807) is 6.92 Å². The first-order valence-corrected chi connectivity index (χ1v) is 0.707. The van der Waals surface area contributed by atoms with Crippen molar-refractivity contribution in [3.05, 3.63) is 6.92 Å². The van der Waals surface area contributed by atoms with E-state index < -0.39 is 0 Å². The molecule has 0 aromatic carbocycles. The van der Waals surface area contributed by atoms with Crippen LogP contribution in [-0.4, -0.2) is 0 Å². The van der Waals surface area contributed by atoms with Crippen LogP contribution in [0.25, 0.3) is 0 Å². The SMILES string of the molecule is [CH2-]C.[Rf].[Y].[Y].[Y].[Y].[Y].[Y].[Y]. The number of rotatable bonds is 0. The summed E-state index contributed by atoms with van der Waals surface area (Å²) in [5.74, 6) is 0. The molecule has 0 aliphatic rings. The van der Waals surface area contributed by atoms with Gasteiger partial charge in [-0.05, 0) is 0 Å². The van der Waals surface area contributed by atoms with Crippen molar-refractivity contribution in [2.75, 3.05) is 0 Å². The van der Waals surface area contributed by atoms with Gasteiger partial charge in [0.15, 0.2) is 0 Å². The molecule has 0 N–H and O–H groups in total. The summed E-state index contributed by atoms with van der Waals surface area (Å²) in [5.41, 5.74) is 0. The van der Waals surface area contributed by atoms with Crippen molar-refractivity contribution in [2.24, 2.45) is 0 Å². The van der Waals surface area contributed by atoms with Crippen molar-refractivity contribution in [1.29, 1.82) is 0 Å².